The quantitative estimate of drug-likeness (QED) is 0.830. The maximum atomic E-state index is 9.20. The lowest BCUT2D eigenvalue weighted by Crippen LogP contribution is -2.05. The topological polar surface area (TPSA) is 67.3 Å². The highest BCUT2D eigenvalue weighted by molar-refractivity contribution is 6.28. The van der Waals surface area contributed by atoms with E-state index >= 15 is 0 Å². The van der Waals surface area contributed by atoms with Gasteiger partial charge in [0, 0.05) is 18.3 Å². The van der Waals surface area contributed by atoms with E-state index in [0.717, 1.165) is 11.3 Å². The number of benzene rings is 1. The Labute approximate surface area is 130 Å². The van der Waals surface area contributed by atoms with Gasteiger partial charge in [0.15, 0.2) is 0 Å². The second kappa shape index (κ2) is 9.15. The summed E-state index contributed by atoms with van der Waals surface area (Å²) in [6, 6.07) is 7.67. The molecule has 114 valence electrons. The van der Waals surface area contributed by atoms with Gasteiger partial charge in [0.2, 0.25) is 5.28 Å². The van der Waals surface area contributed by atoms with Gasteiger partial charge < -0.3 is 15.2 Å². The van der Waals surface area contributed by atoms with Crippen LogP contribution in [0.15, 0.2) is 30.5 Å². The van der Waals surface area contributed by atoms with E-state index < -0.39 is 0 Å². The molecule has 0 unspecified atom stereocenters. The van der Waals surface area contributed by atoms with Crippen molar-refractivity contribution in [3.63, 3.8) is 0 Å². The largest absolute Gasteiger partial charge is 0.497 e. The molecule has 0 fully saturated rings. The predicted molar refractivity (Wildman–Crippen MR) is 84.6 cm³/mol. The smallest absolute Gasteiger partial charge is 0.224 e. The molecule has 0 amide bonds. The van der Waals surface area contributed by atoms with Crippen molar-refractivity contribution in [1.29, 1.82) is 0 Å². The molecule has 0 saturated carbocycles. The minimum atomic E-state index is -0.137. The Morgan fingerprint density at radius 3 is 2.48 bits per heavy atom. The van der Waals surface area contributed by atoms with Crippen LogP contribution in [0.2, 0.25) is 5.28 Å². The monoisotopic (exact) mass is 309 g/mol. The van der Waals surface area contributed by atoms with Gasteiger partial charge in [-0.3, -0.25) is 0 Å². The van der Waals surface area contributed by atoms with Crippen molar-refractivity contribution < 1.29 is 9.84 Å². The summed E-state index contributed by atoms with van der Waals surface area (Å²) in [4.78, 5) is 7.88. The molecule has 0 bridgehead atoms. The normalized spacial score (nSPS) is 9.57. The number of ether oxygens (including phenoxy) is 1. The number of nitrogens with zero attached hydrogens (tertiary/aromatic N) is 2. The lowest BCUT2D eigenvalue weighted by Gasteiger charge is -2.09. The summed E-state index contributed by atoms with van der Waals surface area (Å²) in [5.41, 5.74) is 1.68. The van der Waals surface area contributed by atoms with E-state index in [1.54, 1.807) is 7.11 Å². The zero-order chi connectivity index (χ0) is 15.7. The van der Waals surface area contributed by atoms with Crippen molar-refractivity contribution in [1.82, 2.24) is 9.97 Å². The Hall–Kier alpha value is -1.85. The lowest BCUT2D eigenvalue weighted by atomic mass is 10.2. The van der Waals surface area contributed by atoms with Crippen molar-refractivity contribution in [3.8, 4) is 5.75 Å². The van der Waals surface area contributed by atoms with Crippen LogP contribution in [0.25, 0.3) is 0 Å². The number of anilines is 1. The lowest BCUT2D eigenvalue weighted by molar-refractivity contribution is 0.281. The zero-order valence-electron chi connectivity index (χ0n) is 12.4. The van der Waals surface area contributed by atoms with E-state index in [9.17, 15) is 5.11 Å². The third-order valence-corrected chi connectivity index (χ3v) is 2.81. The molecule has 21 heavy (non-hydrogen) atoms. The summed E-state index contributed by atoms with van der Waals surface area (Å²) in [7, 11) is 1.63. The van der Waals surface area contributed by atoms with E-state index in [-0.39, 0.29) is 11.9 Å². The second-order valence-corrected chi connectivity index (χ2v) is 4.21. The molecule has 0 aliphatic heterocycles. The second-order valence-electron chi connectivity index (χ2n) is 3.87. The molecule has 5 nitrogen and oxygen atoms in total. The standard InChI is InChI=1S/C13H14ClN3O2.C2H6/c1-19-11-4-2-9(3-5-11)6-15-12-10(8-18)7-16-13(14)17-12;1-2/h2-5,7,18H,6,8H2,1H3,(H,15,16,17);1-2H3. The minimum absolute atomic E-state index is 0.137. The van der Waals surface area contributed by atoms with Crippen LogP contribution >= 0.6 is 11.6 Å². The first-order valence-electron chi connectivity index (χ1n) is 6.72. The number of aromatic nitrogens is 2. The van der Waals surface area contributed by atoms with Crippen molar-refractivity contribution >= 4 is 17.4 Å². The number of halogens is 1. The van der Waals surface area contributed by atoms with E-state index in [1.165, 1.54) is 6.20 Å². The van der Waals surface area contributed by atoms with Gasteiger partial charge in [0.25, 0.3) is 0 Å². The van der Waals surface area contributed by atoms with Crippen LogP contribution in [0.5, 0.6) is 5.75 Å². The first-order chi connectivity index (χ1) is 10.2. The van der Waals surface area contributed by atoms with E-state index in [4.69, 9.17) is 16.3 Å². The predicted octanol–water partition coefficient (Wildman–Crippen LogP) is 3.27. The van der Waals surface area contributed by atoms with Crippen LogP contribution < -0.4 is 10.1 Å². The number of rotatable bonds is 5. The Kier molecular flexibility index (Phi) is 7.50. The molecule has 0 spiro atoms. The maximum absolute atomic E-state index is 9.20. The third kappa shape index (κ3) is 5.21. The highest BCUT2D eigenvalue weighted by atomic mass is 35.5. The van der Waals surface area contributed by atoms with Crippen LogP contribution in [-0.2, 0) is 13.2 Å². The van der Waals surface area contributed by atoms with Gasteiger partial charge in [0.05, 0.1) is 13.7 Å². The van der Waals surface area contributed by atoms with Gasteiger partial charge in [-0.25, -0.2) is 9.97 Å². The maximum Gasteiger partial charge on any atom is 0.224 e. The number of hydrogen-bond acceptors (Lipinski definition) is 5. The molecule has 0 aliphatic carbocycles. The van der Waals surface area contributed by atoms with Gasteiger partial charge >= 0.3 is 0 Å². The summed E-state index contributed by atoms with van der Waals surface area (Å²) in [6.07, 6.45) is 1.51. The van der Waals surface area contributed by atoms with Gasteiger partial charge in [-0.15, -0.1) is 0 Å². The van der Waals surface area contributed by atoms with Crippen molar-refractivity contribution in [3.05, 3.63) is 46.9 Å². The van der Waals surface area contributed by atoms with Gasteiger partial charge in [-0.05, 0) is 29.3 Å². The number of hydrogen-bond donors (Lipinski definition) is 2. The summed E-state index contributed by atoms with van der Waals surface area (Å²) < 4.78 is 5.09. The van der Waals surface area contributed by atoms with Gasteiger partial charge in [-0.1, -0.05) is 26.0 Å². The highest BCUT2D eigenvalue weighted by Crippen LogP contribution is 2.16. The van der Waals surface area contributed by atoms with Crippen LogP contribution in [0.1, 0.15) is 25.0 Å². The van der Waals surface area contributed by atoms with Crippen LogP contribution in [0.4, 0.5) is 5.82 Å². The molecule has 0 aliphatic rings. The molecule has 0 saturated heterocycles. The van der Waals surface area contributed by atoms with Crippen molar-refractivity contribution in [2.45, 2.75) is 27.0 Å². The minimum Gasteiger partial charge on any atom is -0.497 e. The highest BCUT2D eigenvalue weighted by Gasteiger charge is 2.05. The Morgan fingerprint density at radius 2 is 1.90 bits per heavy atom. The van der Waals surface area contributed by atoms with Gasteiger partial charge in [-0.2, -0.15) is 0 Å². The summed E-state index contributed by atoms with van der Waals surface area (Å²) in [5.74, 6) is 1.35. The van der Waals surface area contributed by atoms with Crippen LogP contribution in [0.3, 0.4) is 0 Å². The third-order valence-electron chi connectivity index (χ3n) is 2.62. The number of nitrogens with one attached hydrogen (secondary N) is 1. The summed E-state index contributed by atoms with van der Waals surface area (Å²) in [6.45, 7) is 4.44. The number of methoxy groups -OCH3 is 1. The van der Waals surface area contributed by atoms with Crippen LogP contribution in [0, 0.1) is 0 Å². The van der Waals surface area contributed by atoms with Crippen LogP contribution in [-0.4, -0.2) is 22.2 Å². The first kappa shape index (κ1) is 17.2. The fraction of sp³-hybridized carbons (Fsp3) is 0.333. The summed E-state index contributed by atoms with van der Waals surface area (Å²) in [5, 5.41) is 12.5. The van der Waals surface area contributed by atoms with E-state index in [1.807, 2.05) is 38.1 Å². The Morgan fingerprint density at radius 1 is 1.24 bits per heavy atom. The van der Waals surface area contributed by atoms with E-state index in [0.29, 0.717) is 17.9 Å². The number of aliphatic hydroxyl groups excluding tert-OH is 1. The van der Waals surface area contributed by atoms with Crippen molar-refractivity contribution in [2.75, 3.05) is 12.4 Å². The molecule has 0 radical (unpaired) electrons. The molecular weight excluding hydrogens is 290 g/mol. The molecule has 0 atom stereocenters. The molecular formula is C15H20ClN3O2. The fourth-order valence-corrected chi connectivity index (χ4v) is 1.72. The zero-order valence-corrected chi connectivity index (χ0v) is 13.2. The summed E-state index contributed by atoms with van der Waals surface area (Å²) >= 11 is 5.73. The SMILES string of the molecule is CC.COc1ccc(CNc2nc(Cl)ncc2CO)cc1. The van der Waals surface area contributed by atoms with E-state index in [2.05, 4.69) is 15.3 Å². The fourth-order valence-electron chi connectivity index (χ4n) is 1.58. The van der Waals surface area contributed by atoms with Gasteiger partial charge in [0.1, 0.15) is 11.6 Å². The Bertz CT molecular complexity index is 547. The average Bonchev–Trinajstić information content (AvgIpc) is 2.55. The molecule has 2 N–H and O–H groups in total. The molecule has 2 rings (SSSR count). The molecule has 6 heteroatoms. The molecule has 1 aromatic carbocycles. The molecule has 1 aromatic heterocycles. The van der Waals surface area contributed by atoms with Crippen molar-refractivity contribution in [2.24, 2.45) is 0 Å². The first-order valence-corrected chi connectivity index (χ1v) is 7.10. The molecule has 1 heterocycles. The molecule has 2 aromatic rings. The Balaban J connectivity index is 0.00000106. The average molecular weight is 310 g/mol. The number of aliphatic hydroxyl groups is 1.